The quantitative estimate of drug-likeness (QED) is 0.634. The number of fused-ring (bicyclic) bond motifs is 1. The van der Waals surface area contributed by atoms with Crippen LogP contribution in [0.4, 0.5) is 11.4 Å². The summed E-state index contributed by atoms with van der Waals surface area (Å²) in [6.07, 6.45) is -0.250. The van der Waals surface area contributed by atoms with Crippen molar-refractivity contribution >= 4 is 11.4 Å². The van der Waals surface area contributed by atoms with Gasteiger partial charge in [-0.05, 0) is 24.3 Å². The fourth-order valence-corrected chi connectivity index (χ4v) is 2.62. The maximum atomic E-state index is 11.3. The Labute approximate surface area is 138 Å². The summed E-state index contributed by atoms with van der Waals surface area (Å²) in [5, 5.41) is 20.2. The van der Waals surface area contributed by atoms with E-state index in [0.717, 1.165) is 0 Å². The van der Waals surface area contributed by atoms with E-state index in [0.29, 0.717) is 30.3 Å². The molecule has 24 heavy (non-hydrogen) atoms. The third-order valence-corrected chi connectivity index (χ3v) is 3.76. The highest BCUT2D eigenvalue weighted by atomic mass is 16.6. The maximum absolute atomic E-state index is 11.3. The van der Waals surface area contributed by atoms with Gasteiger partial charge in [0, 0.05) is 13.1 Å². The first-order valence-corrected chi connectivity index (χ1v) is 7.36. The van der Waals surface area contributed by atoms with Crippen molar-refractivity contribution in [2.45, 2.75) is 6.10 Å². The van der Waals surface area contributed by atoms with Crippen molar-refractivity contribution < 1.29 is 14.4 Å². The van der Waals surface area contributed by atoms with E-state index in [1.807, 2.05) is 30.3 Å². The smallest absolute Gasteiger partial charge is 0.293 e. The third-order valence-electron chi connectivity index (χ3n) is 3.76. The minimum Gasteiger partial charge on any atom is -0.486 e. The van der Waals surface area contributed by atoms with Crippen LogP contribution in [0.5, 0.6) is 11.5 Å². The van der Waals surface area contributed by atoms with Gasteiger partial charge in [0.05, 0.1) is 23.1 Å². The lowest BCUT2D eigenvalue weighted by molar-refractivity contribution is -0.384. The predicted octanol–water partition coefficient (Wildman–Crippen LogP) is 2.74. The molecule has 1 aliphatic heterocycles. The number of likely N-dealkylation sites (N-methyl/N-ethyl adjacent to an activating group) is 1. The van der Waals surface area contributed by atoms with E-state index in [4.69, 9.17) is 14.7 Å². The normalized spacial score (nSPS) is 15.4. The number of hydrogen-bond donors (Lipinski definition) is 0. The first-order valence-electron chi connectivity index (χ1n) is 7.36. The van der Waals surface area contributed by atoms with Gasteiger partial charge in [0.1, 0.15) is 12.3 Å². The number of rotatable bonds is 4. The van der Waals surface area contributed by atoms with Gasteiger partial charge >= 0.3 is 0 Å². The van der Waals surface area contributed by atoms with Crippen LogP contribution in [-0.4, -0.2) is 31.2 Å². The predicted molar refractivity (Wildman–Crippen MR) is 87.4 cm³/mol. The van der Waals surface area contributed by atoms with Gasteiger partial charge in [-0.1, -0.05) is 12.1 Å². The number of para-hydroxylation sites is 2. The van der Waals surface area contributed by atoms with Crippen LogP contribution < -0.4 is 14.4 Å². The van der Waals surface area contributed by atoms with Gasteiger partial charge in [-0.2, -0.15) is 5.26 Å². The topological polar surface area (TPSA) is 88.6 Å². The highest BCUT2D eigenvalue weighted by molar-refractivity contribution is 5.65. The highest BCUT2D eigenvalue weighted by Gasteiger charge is 2.25. The molecular formula is C17H15N3O4. The average Bonchev–Trinajstić information content (AvgIpc) is 2.61. The van der Waals surface area contributed by atoms with Gasteiger partial charge in [-0.3, -0.25) is 10.1 Å². The summed E-state index contributed by atoms with van der Waals surface area (Å²) in [5.41, 5.74) is 0.583. The second-order valence-corrected chi connectivity index (χ2v) is 5.45. The van der Waals surface area contributed by atoms with Crippen LogP contribution in [0, 0.1) is 21.4 Å². The molecule has 0 saturated carbocycles. The molecule has 0 saturated heterocycles. The van der Waals surface area contributed by atoms with Gasteiger partial charge in [0.25, 0.3) is 5.69 Å². The Bertz CT molecular complexity index is 816. The summed E-state index contributed by atoms with van der Waals surface area (Å²) >= 11 is 0. The van der Waals surface area contributed by atoms with Crippen LogP contribution >= 0.6 is 0 Å². The molecule has 0 amide bonds. The van der Waals surface area contributed by atoms with E-state index in [1.165, 1.54) is 6.07 Å². The van der Waals surface area contributed by atoms with E-state index < -0.39 is 4.92 Å². The molecule has 2 aromatic carbocycles. The largest absolute Gasteiger partial charge is 0.486 e. The summed E-state index contributed by atoms with van der Waals surface area (Å²) in [4.78, 5) is 12.5. The summed E-state index contributed by atoms with van der Waals surface area (Å²) < 4.78 is 11.5. The van der Waals surface area contributed by atoms with Gasteiger partial charge in [0.2, 0.25) is 0 Å². The van der Waals surface area contributed by atoms with E-state index >= 15 is 0 Å². The zero-order chi connectivity index (χ0) is 17.1. The molecule has 0 spiro atoms. The van der Waals surface area contributed by atoms with Crippen LogP contribution in [0.25, 0.3) is 0 Å². The van der Waals surface area contributed by atoms with Crippen LogP contribution in [0.3, 0.4) is 0 Å². The Kier molecular flexibility index (Phi) is 4.20. The van der Waals surface area contributed by atoms with Gasteiger partial charge in [-0.15, -0.1) is 0 Å². The molecule has 1 heterocycles. The molecule has 0 N–H and O–H groups in total. The number of ether oxygens (including phenoxy) is 2. The van der Waals surface area contributed by atoms with Crippen LogP contribution in [0.1, 0.15) is 5.56 Å². The summed E-state index contributed by atoms with van der Waals surface area (Å²) in [6, 6.07) is 13.7. The number of hydrogen-bond acceptors (Lipinski definition) is 6. The number of nitro groups is 1. The first kappa shape index (κ1) is 15.6. The Balaban J connectivity index is 1.78. The van der Waals surface area contributed by atoms with Crippen LogP contribution in [0.15, 0.2) is 42.5 Å². The molecule has 7 nitrogen and oxygen atoms in total. The average molecular weight is 325 g/mol. The second-order valence-electron chi connectivity index (χ2n) is 5.45. The molecule has 3 rings (SSSR count). The standard InChI is InChI=1S/C17H15N3O4/c1-19(14-7-6-12(9-18)8-15(14)20(21)22)10-13-11-23-16-4-2-3-5-17(16)24-13/h2-8,13H,10-11H2,1H3/t13-/m1/s1. The van der Waals surface area contributed by atoms with Crippen molar-refractivity contribution in [3.05, 3.63) is 58.1 Å². The highest BCUT2D eigenvalue weighted by Crippen LogP contribution is 2.32. The maximum Gasteiger partial charge on any atom is 0.293 e. The van der Waals surface area contributed by atoms with E-state index in [-0.39, 0.29) is 17.4 Å². The van der Waals surface area contributed by atoms with E-state index in [1.54, 1.807) is 24.1 Å². The number of benzene rings is 2. The summed E-state index contributed by atoms with van der Waals surface area (Å²) in [6.45, 7) is 0.784. The van der Waals surface area contributed by atoms with Crippen molar-refractivity contribution in [2.24, 2.45) is 0 Å². The van der Waals surface area contributed by atoms with E-state index in [9.17, 15) is 10.1 Å². The fraction of sp³-hybridized carbons (Fsp3) is 0.235. The minimum absolute atomic E-state index is 0.103. The summed E-state index contributed by atoms with van der Waals surface area (Å²) in [5.74, 6) is 1.36. The third kappa shape index (κ3) is 3.08. The Morgan fingerprint density at radius 3 is 2.79 bits per heavy atom. The van der Waals surface area contributed by atoms with Gasteiger partial charge in [0.15, 0.2) is 17.6 Å². The molecule has 7 heteroatoms. The fourth-order valence-electron chi connectivity index (χ4n) is 2.62. The second kappa shape index (κ2) is 6.46. The molecule has 1 aliphatic rings. The first-order chi connectivity index (χ1) is 11.6. The lowest BCUT2D eigenvalue weighted by atomic mass is 10.1. The van der Waals surface area contributed by atoms with Crippen molar-refractivity contribution in [2.75, 3.05) is 25.1 Å². The Morgan fingerprint density at radius 2 is 2.08 bits per heavy atom. The molecule has 0 aliphatic carbocycles. The molecule has 122 valence electrons. The zero-order valence-corrected chi connectivity index (χ0v) is 13.0. The van der Waals surface area contributed by atoms with Crippen molar-refractivity contribution in [3.63, 3.8) is 0 Å². The van der Waals surface area contributed by atoms with Crippen molar-refractivity contribution in [3.8, 4) is 17.6 Å². The molecule has 0 bridgehead atoms. The van der Waals surface area contributed by atoms with Crippen LogP contribution in [-0.2, 0) is 0 Å². The SMILES string of the molecule is CN(C[C@@H]1COc2ccccc2O1)c1ccc(C#N)cc1[N+](=O)[O-]. The molecule has 2 aromatic rings. The molecule has 1 atom stereocenters. The number of nitro benzene ring substituents is 1. The van der Waals surface area contributed by atoms with Gasteiger partial charge < -0.3 is 14.4 Å². The van der Waals surface area contributed by atoms with Crippen molar-refractivity contribution in [1.82, 2.24) is 0 Å². The van der Waals surface area contributed by atoms with E-state index in [2.05, 4.69) is 0 Å². The lowest BCUT2D eigenvalue weighted by Gasteiger charge is -2.30. The molecular weight excluding hydrogens is 310 g/mol. The van der Waals surface area contributed by atoms with Crippen LogP contribution in [0.2, 0.25) is 0 Å². The molecule has 0 aromatic heterocycles. The number of nitriles is 1. The molecule has 0 unspecified atom stereocenters. The van der Waals surface area contributed by atoms with Crippen molar-refractivity contribution in [1.29, 1.82) is 5.26 Å². The number of nitrogens with zero attached hydrogens (tertiary/aromatic N) is 3. The Morgan fingerprint density at radius 1 is 1.33 bits per heavy atom. The monoisotopic (exact) mass is 325 g/mol. The lowest BCUT2D eigenvalue weighted by Crippen LogP contribution is -2.39. The summed E-state index contributed by atoms with van der Waals surface area (Å²) in [7, 11) is 1.75. The number of anilines is 1. The zero-order valence-electron chi connectivity index (χ0n) is 13.0. The van der Waals surface area contributed by atoms with Gasteiger partial charge in [-0.25, -0.2) is 0 Å². The Hall–Kier alpha value is -3.27. The minimum atomic E-state index is -0.486. The molecule has 0 fully saturated rings. The molecule has 0 radical (unpaired) electrons.